The van der Waals surface area contributed by atoms with E-state index in [-0.39, 0.29) is 12.5 Å². The Labute approximate surface area is 172 Å². The summed E-state index contributed by atoms with van der Waals surface area (Å²) < 4.78 is 11.7. The standard InChI is InChI=1S/C20H20BrClN2O3/c1-14-2-4-16(22)11-18(14)23-12-15-3-5-19(17(21)10-15)27-13-20(25)24-6-8-26-9-7-24/h2-5,10-12H,6-9,13H2,1H3. The number of morpholine rings is 1. The first-order chi connectivity index (χ1) is 13.0. The number of hydrogen-bond acceptors (Lipinski definition) is 4. The lowest BCUT2D eigenvalue weighted by Crippen LogP contribution is -2.43. The highest BCUT2D eigenvalue weighted by Crippen LogP contribution is 2.27. The van der Waals surface area contributed by atoms with E-state index >= 15 is 0 Å². The molecule has 142 valence electrons. The number of hydrogen-bond donors (Lipinski definition) is 0. The molecule has 0 spiro atoms. The Morgan fingerprint density at radius 2 is 2.07 bits per heavy atom. The molecule has 7 heteroatoms. The molecule has 1 fully saturated rings. The molecule has 0 saturated carbocycles. The summed E-state index contributed by atoms with van der Waals surface area (Å²) in [7, 11) is 0. The van der Waals surface area contributed by atoms with Crippen molar-refractivity contribution < 1.29 is 14.3 Å². The lowest BCUT2D eigenvalue weighted by Gasteiger charge is -2.26. The van der Waals surface area contributed by atoms with Crippen molar-refractivity contribution in [3.8, 4) is 5.75 Å². The number of halogens is 2. The van der Waals surface area contributed by atoms with E-state index in [1.165, 1.54) is 0 Å². The van der Waals surface area contributed by atoms with Gasteiger partial charge in [-0.2, -0.15) is 0 Å². The lowest BCUT2D eigenvalue weighted by atomic mass is 10.2. The second kappa shape index (κ2) is 9.35. The third-order valence-corrected chi connectivity index (χ3v) is 5.05. The number of amides is 1. The van der Waals surface area contributed by atoms with Crippen molar-refractivity contribution in [2.45, 2.75) is 6.92 Å². The van der Waals surface area contributed by atoms with Gasteiger partial charge in [0.1, 0.15) is 5.75 Å². The van der Waals surface area contributed by atoms with Gasteiger partial charge in [0.15, 0.2) is 6.61 Å². The molecule has 0 unspecified atom stereocenters. The van der Waals surface area contributed by atoms with E-state index in [1.54, 1.807) is 11.1 Å². The van der Waals surface area contributed by atoms with Crippen molar-refractivity contribution in [1.29, 1.82) is 0 Å². The van der Waals surface area contributed by atoms with Crippen LogP contribution in [0.15, 0.2) is 45.9 Å². The Hall–Kier alpha value is -1.89. The molecule has 0 aromatic heterocycles. The first-order valence-electron chi connectivity index (χ1n) is 8.61. The van der Waals surface area contributed by atoms with Crippen molar-refractivity contribution in [1.82, 2.24) is 4.90 Å². The molecule has 2 aromatic carbocycles. The zero-order valence-corrected chi connectivity index (χ0v) is 17.3. The highest BCUT2D eigenvalue weighted by Gasteiger charge is 2.17. The zero-order chi connectivity index (χ0) is 19.2. The van der Waals surface area contributed by atoms with Crippen molar-refractivity contribution in [3.05, 3.63) is 57.0 Å². The molecule has 0 radical (unpaired) electrons. The molecule has 5 nitrogen and oxygen atoms in total. The van der Waals surface area contributed by atoms with Crippen LogP contribution in [0.3, 0.4) is 0 Å². The predicted octanol–water partition coefficient (Wildman–Crippen LogP) is 4.40. The van der Waals surface area contributed by atoms with Crippen molar-refractivity contribution in [3.63, 3.8) is 0 Å². The largest absolute Gasteiger partial charge is 0.483 e. The van der Waals surface area contributed by atoms with E-state index in [2.05, 4.69) is 20.9 Å². The third kappa shape index (κ3) is 5.54. The molecular formula is C20H20BrClN2O3. The summed E-state index contributed by atoms with van der Waals surface area (Å²) in [6.07, 6.45) is 1.77. The summed E-state index contributed by atoms with van der Waals surface area (Å²) in [6.45, 7) is 4.38. The minimum atomic E-state index is -0.0349. The second-order valence-electron chi connectivity index (χ2n) is 6.16. The lowest BCUT2D eigenvalue weighted by molar-refractivity contribution is -0.137. The fourth-order valence-electron chi connectivity index (χ4n) is 2.62. The Kier molecular flexibility index (Phi) is 6.88. The zero-order valence-electron chi connectivity index (χ0n) is 15.0. The van der Waals surface area contributed by atoms with Crippen LogP contribution >= 0.6 is 27.5 Å². The van der Waals surface area contributed by atoms with Crippen LogP contribution in [0.5, 0.6) is 5.75 Å². The number of carbonyl (C=O) groups excluding carboxylic acids is 1. The van der Waals surface area contributed by atoms with E-state index in [1.807, 2.05) is 43.3 Å². The summed E-state index contributed by atoms with van der Waals surface area (Å²) in [5.41, 5.74) is 2.79. The number of aliphatic imine (C=N–C) groups is 1. The number of rotatable bonds is 5. The van der Waals surface area contributed by atoms with E-state index in [9.17, 15) is 4.79 Å². The van der Waals surface area contributed by atoms with Gasteiger partial charge in [0, 0.05) is 24.3 Å². The van der Waals surface area contributed by atoms with Crippen LogP contribution < -0.4 is 4.74 Å². The molecule has 0 N–H and O–H groups in total. The van der Waals surface area contributed by atoms with E-state index in [0.717, 1.165) is 21.3 Å². The normalized spacial score (nSPS) is 14.6. The SMILES string of the molecule is Cc1ccc(Cl)cc1N=Cc1ccc(OCC(=O)N2CCOCC2)c(Br)c1. The molecule has 27 heavy (non-hydrogen) atoms. The number of carbonyl (C=O) groups is 1. The molecule has 2 aromatic rings. The first kappa shape index (κ1) is 19.9. The van der Waals surface area contributed by atoms with Gasteiger partial charge >= 0.3 is 0 Å². The smallest absolute Gasteiger partial charge is 0.260 e. The monoisotopic (exact) mass is 450 g/mol. The first-order valence-corrected chi connectivity index (χ1v) is 9.78. The summed E-state index contributed by atoms with van der Waals surface area (Å²) in [4.78, 5) is 18.4. The number of aryl methyl sites for hydroxylation is 1. The Morgan fingerprint density at radius 1 is 1.30 bits per heavy atom. The maximum atomic E-state index is 12.2. The second-order valence-corrected chi connectivity index (χ2v) is 7.45. The third-order valence-electron chi connectivity index (χ3n) is 4.19. The van der Waals surface area contributed by atoms with E-state index in [0.29, 0.717) is 37.1 Å². The average molecular weight is 452 g/mol. The quantitative estimate of drug-likeness (QED) is 0.633. The van der Waals surface area contributed by atoms with Gasteiger partial charge in [-0.25, -0.2) is 0 Å². The van der Waals surface area contributed by atoms with Crippen LogP contribution in [0.4, 0.5) is 5.69 Å². The fraction of sp³-hybridized carbons (Fsp3) is 0.300. The van der Waals surface area contributed by atoms with Crippen molar-refractivity contribution in [2.75, 3.05) is 32.9 Å². The van der Waals surface area contributed by atoms with Gasteiger partial charge in [0.2, 0.25) is 0 Å². The number of nitrogens with zero attached hydrogens (tertiary/aromatic N) is 2. The fourth-order valence-corrected chi connectivity index (χ4v) is 3.30. The minimum absolute atomic E-state index is 0.00768. The van der Waals surface area contributed by atoms with Crippen molar-refractivity contribution in [2.24, 2.45) is 4.99 Å². The van der Waals surface area contributed by atoms with Crippen LogP contribution in [-0.2, 0) is 9.53 Å². The van der Waals surface area contributed by atoms with Gasteiger partial charge in [-0.15, -0.1) is 0 Å². The van der Waals surface area contributed by atoms with Crippen molar-refractivity contribution >= 4 is 45.3 Å². The van der Waals surface area contributed by atoms with Crippen LogP contribution in [0.1, 0.15) is 11.1 Å². The molecule has 0 aliphatic carbocycles. The summed E-state index contributed by atoms with van der Waals surface area (Å²) >= 11 is 9.52. The maximum Gasteiger partial charge on any atom is 0.260 e. The van der Waals surface area contributed by atoms with Gasteiger partial charge in [-0.05, 0) is 64.3 Å². The Bertz CT molecular complexity index is 851. The van der Waals surface area contributed by atoms with Gasteiger partial charge < -0.3 is 14.4 Å². The molecule has 3 rings (SSSR count). The van der Waals surface area contributed by atoms with Gasteiger partial charge in [-0.3, -0.25) is 9.79 Å². The Balaban J connectivity index is 1.62. The number of ether oxygens (including phenoxy) is 2. The molecule has 1 amide bonds. The average Bonchev–Trinajstić information content (AvgIpc) is 2.68. The summed E-state index contributed by atoms with van der Waals surface area (Å²) in [5, 5.41) is 0.655. The Morgan fingerprint density at radius 3 is 2.81 bits per heavy atom. The molecule has 0 atom stereocenters. The number of benzene rings is 2. The summed E-state index contributed by atoms with van der Waals surface area (Å²) in [5.74, 6) is 0.583. The highest BCUT2D eigenvalue weighted by atomic mass is 79.9. The van der Waals surface area contributed by atoms with Crippen LogP contribution in [0.25, 0.3) is 0 Å². The van der Waals surface area contributed by atoms with Crippen LogP contribution in [-0.4, -0.2) is 49.9 Å². The molecule has 1 saturated heterocycles. The van der Waals surface area contributed by atoms with E-state index < -0.39 is 0 Å². The maximum absolute atomic E-state index is 12.2. The van der Waals surface area contributed by atoms with Gasteiger partial charge in [-0.1, -0.05) is 17.7 Å². The molecule has 1 heterocycles. The molecular weight excluding hydrogens is 432 g/mol. The highest BCUT2D eigenvalue weighted by molar-refractivity contribution is 9.10. The summed E-state index contributed by atoms with van der Waals surface area (Å²) in [6, 6.07) is 11.2. The minimum Gasteiger partial charge on any atom is -0.483 e. The molecule has 1 aliphatic heterocycles. The van der Waals surface area contributed by atoms with Crippen LogP contribution in [0, 0.1) is 6.92 Å². The molecule has 1 aliphatic rings. The van der Waals surface area contributed by atoms with Crippen LogP contribution in [0.2, 0.25) is 5.02 Å². The van der Waals surface area contributed by atoms with E-state index in [4.69, 9.17) is 21.1 Å². The predicted molar refractivity (Wildman–Crippen MR) is 110 cm³/mol. The van der Waals surface area contributed by atoms with Gasteiger partial charge in [0.25, 0.3) is 5.91 Å². The molecule has 0 bridgehead atoms. The van der Waals surface area contributed by atoms with Gasteiger partial charge in [0.05, 0.1) is 23.4 Å². The topological polar surface area (TPSA) is 51.1 Å².